The SMILES string of the molecule is CCCC1=C[CH]([Zr]([SiH](c2ccccc2)c2ccccc2)[C]2(C)C=C(C)C(C)=C2C)C=C1. The predicted molar refractivity (Wildman–Crippen MR) is 136 cm³/mol. The molecular formula is C29H35SiZr. The maximum absolute atomic E-state index is 2.68. The molecule has 0 fully saturated rings. The number of hydrogen-bond acceptors (Lipinski definition) is 0. The third-order valence-electron chi connectivity index (χ3n) is 7.42. The Morgan fingerprint density at radius 1 is 0.903 bits per heavy atom. The van der Waals surface area contributed by atoms with Gasteiger partial charge in [-0.25, -0.2) is 0 Å². The van der Waals surface area contributed by atoms with Gasteiger partial charge in [0.1, 0.15) is 0 Å². The summed E-state index contributed by atoms with van der Waals surface area (Å²) in [5.41, 5.74) is 6.26. The van der Waals surface area contributed by atoms with Gasteiger partial charge in [-0.15, -0.1) is 0 Å². The van der Waals surface area contributed by atoms with Crippen LogP contribution in [0.1, 0.15) is 47.5 Å². The van der Waals surface area contributed by atoms with Crippen molar-refractivity contribution in [3.05, 3.63) is 107 Å². The molecule has 0 N–H and O–H groups in total. The van der Waals surface area contributed by atoms with Crippen LogP contribution in [0.4, 0.5) is 0 Å². The Morgan fingerprint density at radius 3 is 1.97 bits per heavy atom. The summed E-state index contributed by atoms with van der Waals surface area (Å²) < 4.78 is 0.947. The Bertz CT molecular complexity index is 1010. The molecule has 0 aromatic heterocycles. The molecule has 0 saturated carbocycles. The van der Waals surface area contributed by atoms with E-state index in [0.29, 0.717) is 3.63 Å². The van der Waals surface area contributed by atoms with Crippen LogP contribution in [0.25, 0.3) is 0 Å². The Balaban J connectivity index is 1.92. The van der Waals surface area contributed by atoms with Crippen molar-refractivity contribution < 1.29 is 20.9 Å². The fraction of sp³-hybridized carbons (Fsp3) is 0.310. The summed E-state index contributed by atoms with van der Waals surface area (Å²) in [4.78, 5) is 0. The molecule has 0 radical (unpaired) electrons. The van der Waals surface area contributed by atoms with Gasteiger partial charge in [0.2, 0.25) is 0 Å². The van der Waals surface area contributed by atoms with Crippen LogP contribution in [0.3, 0.4) is 0 Å². The Morgan fingerprint density at radius 2 is 1.48 bits per heavy atom. The van der Waals surface area contributed by atoms with Crippen LogP contribution in [0.5, 0.6) is 0 Å². The minimum atomic E-state index is -2.18. The molecule has 0 nitrogen and oxygen atoms in total. The Hall–Kier alpha value is -1.50. The Labute approximate surface area is 197 Å². The van der Waals surface area contributed by atoms with E-state index in [1.165, 1.54) is 24.0 Å². The van der Waals surface area contributed by atoms with Crippen molar-refractivity contribution >= 4 is 16.3 Å². The summed E-state index contributed by atoms with van der Waals surface area (Å²) in [6.07, 6.45) is 12.9. The molecule has 0 saturated heterocycles. The first-order chi connectivity index (χ1) is 15.0. The van der Waals surface area contributed by atoms with Gasteiger partial charge in [0, 0.05) is 0 Å². The zero-order valence-electron chi connectivity index (χ0n) is 19.7. The third-order valence-corrected chi connectivity index (χ3v) is 32.3. The van der Waals surface area contributed by atoms with Crippen molar-refractivity contribution in [3.63, 3.8) is 0 Å². The average Bonchev–Trinajstić information content (AvgIpc) is 3.32. The number of rotatable bonds is 7. The van der Waals surface area contributed by atoms with E-state index in [9.17, 15) is 0 Å². The summed E-state index contributed by atoms with van der Waals surface area (Å²) in [5, 5.41) is 3.27. The van der Waals surface area contributed by atoms with Gasteiger partial charge in [-0.1, -0.05) is 0 Å². The normalized spacial score (nSPS) is 22.8. The van der Waals surface area contributed by atoms with Crippen LogP contribution in [0.2, 0.25) is 6.75 Å². The molecule has 0 heterocycles. The van der Waals surface area contributed by atoms with E-state index in [2.05, 4.69) is 120 Å². The fourth-order valence-electron chi connectivity index (χ4n) is 5.53. The van der Waals surface area contributed by atoms with Gasteiger partial charge in [-0.05, 0) is 0 Å². The summed E-state index contributed by atoms with van der Waals surface area (Å²) in [6, 6.07) is 23.1. The van der Waals surface area contributed by atoms with Crippen molar-refractivity contribution in [1.29, 1.82) is 0 Å². The first-order valence-corrected chi connectivity index (χ1v) is 20.3. The molecule has 2 unspecified atom stereocenters. The van der Waals surface area contributed by atoms with Crippen LogP contribution in [0, 0.1) is 0 Å². The van der Waals surface area contributed by atoms with Crippen LogP contribution >= 0.6 is 0 Å². The fourth-order valence-corrected chi connectivity index (χ4v) is 33.1. The monoisotopic (exact) mass is 501 g/mol. The van der Waals surface area contributed by atoms with E-state index in [-0.39, 0.29) is 3.12 Å². The molecule has 2 aliphatic rings. The van der Waals surface area contributed by atoms with Gasteiger partial charge < -0.3 is 0 Å². The quantitative estimate of drug-likeness (QED) is 0.369. The zero-order chi connectivity index (χ0) is 22.0. The van der Waals surface area contributed by atoms with Gasteiger partial charge >= 0.3 is 199 Å². The van der Waals surface area contributed by atoms with E-state index in [4.69, 9.17) is 0 Å². The van der Waals surface area contributed by atoms with E-state index in [1.807, 2.05) is 0 Å². The maximum atomic E-state index is 2.68. The van der Waals surface area contributed by atoms with Gasteiger partial charge in [-0.2, -0.15) is 0 Å². The molecule has 0 aliphatic heterocycles. The zero-order valence-corrected chi connectivity index (χ0v) is 23.3. The molecule has 0 spiro atoms. The van der Waals surface area contributed by atoms with Gasteiger partial charge in [0.25, 0.3) is 0 Å². The standard InChI is InChI=1S/C12H11Si.C9H13.C8H11.Zr/c1-3-7-11(8-4-1)13-12-9-5-2-6-10-12;1-6-5-7(2)9(4)8(6)3;1-2-5-8-6-3-4-7-8;/h1-10,13H;5H,1-4H3;3-4,6-7H,2,5H2,1H3;. The van der Waals surface area contributed by atoms with E-state index >= 15 is 0 Å². The van der Waals surface area contributed by atoms with E-state index < -0.39 is 26.8 Å². The van der Waals surface area contributed by atoms with Gasteiger partial charge in [-0.3, -0.25) is 0 Å². The molecule has 2 aromatic carbocycles. The molecule has 2 heteroatoms. The van der Waals surface area contributed by atoms with E-state index in [0.717, 1.165) is 0 Å². The van der Waals surface area contributed by atoms with Crippen molar-refractivity contribution in [3.8, 4) is 0 Å². The average molecular weight is 503 g/mol. The summed E-state index contributed by atoms with van der Waals surface area (Å²) in [6.45, 7) is 12.0. The number of hydrogen-bond donors (Lipinski definition) is 0. The molecule has 0 bridgehead atoms. The third kappa shape index (κ3) is 4.39. The number of allylic oxidation sites excluding steroid dienone is 8. The second-order valence-electron chi connectivity index (χ2n) is 9.37. The van der Waals surface area contributed by atoms with Crippen LogP contribution in [-0.2, 0) is 20.9 Å². The van der Waals surface area contributed by atoms with Crippen molar-refractivity contribution in [2.24, 2.45) is 0 Å². The van der Waals surface area contributed by atoms with Crippen LogP contribution in [0.15, 0.2) is 107 Å². The Kier molecular flexibility index (Phi) is 6.99. The molecule has 2 atom stereocenters. The molecule has 31 heavy (non-hydrogen) atoms. The summed E-state index contributed by atoms with van der Waals surface area (Å²) in [7, 11) is 0. The second kappa shape index (κ2) is 9.55. The molecule has 4 rings (SSSR count). The molecule has 2 aromatic rings. The molecule has 159 valence electrons. The van der Waals surface area contributed by atoms with Crippen molar-refractivity contribution in [2.75, 3.05) is 0 Å². The van der Waals surface area contributed by atoms with Crippen LogP contribution in [-0.4, -0.2) is 5.92 Å². The first-order valence-electron chi connectivity index (χ1n) is 11.7. The predicted octanol–water partition coefficient (Wildman–Crippen LogP) is 6.70. The van der Waals surface area contributed by atoms with Crippen molar-refractivity contribution in [2.45, 2.75) is 54.2 Å². The van der Waals surface area contributed by atoms with Gasteiger partial charge in [0.05, 0.1) is 0 Å². The van der Waals surface area contributed by atoms with E-state index in [1.54, 1.807) is 21.5 Å². The topological polar surface area (TPSA) is 0 Å². The summed E-state index contributed by atoms with van der Waals surface area (Å²) >= 11 is -2.18. The molecular weight excluding hydrogens is 468 g/mol. The molecule has 0 amide bonds. The summed E-state index contributed by atoms with van der Waals surface area (Å²) in [5.74, 6) is -1.36. The minimum absolute atomic E-state index is 0.270. The van der Waals surface area contributed by atoms with Gasteiger partial charge in [0.15, 0.2) is 0 Å². The number of benzene rings is 2. The first kappa shape index (κ1) is 22.7. The second-order valence-corrected chi connectivity index (χ2v) is 25.9. The molecule has 2 aliphatic carbocycles. The van der Waals surface area contributed by atoms with Crippen LogP contribution < -0.4 is 10.4 Å². The van der Waals surface area contributed by atoms with Crippen molar-refractivity contribution in [1.82, 2.24) is 0 Å².